The molecule has 1 N–H and O–H groups in total. The van der Waals surface area contributed by atoms with Crippen LogP contribution < -0.4 is 10.1 Å². The van der Waals surface area contributed by atoms with Crippen LogP contribution in [0.4, 0.5) is 0 Å². The monoisotopic (exact) mass is 486 g/mol. The Morgan fingerprint density at radius 1 is 1.22 bits per heavy atom. The van der Waals surface area contributed by atoms with E-state index in [1.54, 1.807) is 0 Å². The van der Waals surface area contributed by atoms with Gasteiger partial charge in [0.1, 0.15) is 11.9 Å². The second kappa shape index (κ2) is 11.1. The number of para-hydroxylation sites is 1. The molecule has 1 heterocycles. The summed E-state index contributed by atoms with van der Waals surface area (Å²) in [7, 11) is 2.23. The van der Waals surface area contributed by atoms with Crippen molar-refractivity contribution >= 4 is 29.9 Å². The SMILES string of the molecule is CCNC(=NCC(C)N(C)C1CC1)N1CCC(Oc2ccccc2)CC1.I. The fourth-order valence-corrected chi connectivity index (χ4v) is 3.49. The van der Waals surface area contributed by atoms with Crippen LogP contribution in [0.2, 0.25) is 0 Å². The van der Waals surface area contributed by atoms with Crippen LogP contribution in [0.5, 0.6) is 5.75 Å². The van der Waals surface area contributed by atoms with Crippen LogP contribution in [-0.4, -0.2) is 67.2 Å². The van der Waals surface area contributed by atoms with Gasteiger partial charge in [-0.15, -0.1) is 24.0 Å². The van der Waals surface area contributed by atoms with Crippen molar-refractivity contribution in [2.45, 2.75) is 57.7 Å². The number of ether oxygens (including phenoxy) is 1. The second-order valence-electron chi connectivity index (χ2n) is 7.56. The van der Waals surface area contributed by atoms with E-state index in [-0.39, 0.29) is 24.0 Å². The first kappa shape index (κ1) is 22.3. The Balaban J connectivity index is 0.00000261. The molecule has 152 valence electrons. The minimum Gasteiger partial charge on any atom is -0.490 e. The number of benzene rings is 1. The minimum absolute atomic E-state index is 0. The van der Waals surface area contributed by atoms with E-state index in [0.717, 1.165) is 56.8 Å². The Morgan fingerprint density at radius 2 is 1.89 bits per heavy atom. The summed E-state index contributed by atoms with van der Waals surface area (Å²) in [5.41, 5.74) is 0. The smallest absolute Gasteiger partial charge is 0.193 e. The number of hydrogen-bond acceptors (Lipinski definition) is 3. The summed E-state index contributed by atoms with van der Waals surface area (Å²) < 4.78 is 6.11. The summed E-state index contributed by atoms with van der Waals surface area (Å²) in [5, 5.41) is 3.47. The van der Waals surface area contributed by atoms with E-state index in [4.69, 9.17) is 9.73 Å². The average molecular weight is 486 g/mol. The third kappa shape index (κ3) is 6.82. The molecule has 0 aromatic heterocycles. The van der Waals surface area contributed by atoms with E-state index in [9.17, 15) is 0 Å². The Bertz CT molecular complexity index is 571. The summed E-state index contributed by atoms with van der Waals surface area (Å²) >= 11 is 0. The van der Waals surface area contributed by atoms with Crippen LogP contribution in [0.3, 0.4) is 0 Å². The summed E-state index contributed by atoms with van der Waals surface area (Å²) in [6.07, 6.45) is 5.07. The zero-order valence-corrected chi connectivity index (χ0v) is 19.3. The number of halogens is 1. The van der Waals surface area contributed by atoms with Crippen LogP contribution >= 0.6 is 24.0 Å². The second-order valence-corrected chi connectivity index (χ2v) is 7.56. The van der Waals surface area contributed by atoms with Gasteiger partial charge in [0, 0.05) is 44.6 Å². The predicted octanol–water partition coefficient (Wildman–Crippen LogP) is 3.60. The van der Waals surface area contributed by atoms with Crippen molar-refractivity contribution in [3.63, 3.8) is 0 Å². The molecule has 1 unspecified atom stereocenters. The molecule has 0 spiro atoms. The summed E-state index contributed by atoms with van der Waals surface area (Å²) in [6.45, 7) is 8.18. The fraction of sp³-hybridized carbons (Fsp3) is 0.667. The van der Waals surface area contributed by atoms with Crippen LogP contribution in [0.25, 0.3) is 0 Å². The number of likely N-dealkylation sites (N-methyl/N-ethyl adjacent to an activating group) is 1. The topological polar surface area (TPSA) is 40.1 Å². The third-order valence-corrected chi connectivity index (χ3v) is 5.45. The van der Waals surface area contributed by atoms with Crippen molar-refractivity contribution < 1.29 is 4.74 Å². The van der Waals surface area contributed by atoms with E-state index in [0.29, 0.717) is 12.1 Å². The number of rotatable bonds is 7. The van der Waals surface area contributed by atoms with Crippen LogP contribution in [0.1, 0.15) is 39.5 Å². The Labute approximate surface area is 181 Å². The number of nitrogens with one attached hydrogen (secondary N) is 1. The minimum atomic E-state index is 0. The fourth-order valence-electron chi connectivity index (χ4n) is 3.49. The van der Waals surface area contributed by atoms with Gasteiger partial charge in [0.25, 0.3) is 0 Å². The van der Waals surface area contributed by atoms with E-state index >= 15 is 0 Å². The van der Waals surface area contributed by atoms with Gasteiger partial charge in [-0.05, 0) is 45.9 Å². The van der Waals surface area contributed by atoms with Crippen molar-refractivity contribution in [3.05, 3.63) is 30.3 Å². The highest BCUT2D eigenvalue weighted by atomic mass is 127. The number of aliphatic imine (C=N–C) groups is 1. The lowest BCUT2D eigenvalue weighted by molar-refractivity contribution is 0.129. The highest BCUT2D eigenvalue weighted by Crippen LogP contribution is 2.27. The zero-order chi connectivity index (χ0) is 18.4. The molecule has 1 aliphatic carbocycles. The highest BCUT2D eigenvalue weighted by Gasteiger charge is 2.29. The first-order valence-corrected chi connectivity index (χ1v) is 10.1. The molecule has 1 saturated carbocycles. The third-order valence-electron chi connectivity index (χ3n) is 5.45. The molecule has 0 radical (unpaired) electrons. The van der Waals surface area contributed by atoms with E-state index < -0.39 is 0 Å². The van der Waals surface area contributed by atoms with Gasteiger partial charge in [-0.2, -0.15) is 0 Å². The molecule has 1 aliphatic heterocycles. The van der Waals surface area contributed by atoms with E-state index in [1.807, 2.05) is 30.3 Å². The molecule has 1 atom stereocenters. The number of likely N-dealkylation sites (tertiary alicyclic amines) is 1. The quantitative estimate of drug-likeness (QED) is 0.363. The Kier molecular flexibility index (Phi) is 9.15. The maximum atomic E-state index is 6.11. The largest absolute Gasteiger partial charge is 0.490 e. The molecule has 1 saturated heterocycles. The van der Waals surface area contributed by atoms with Gasteiger partial charge in [-0.1, -0.05) is 18.2 Å². The summed E-state index contributed by atoms with van der Waals surface area (Å²) in [6, 6.07) is 11.4. The van der Waals surface area contributed by atoms with Gasteiger partial charge in [0.05, 0.1) is 6.54 Å². The van der Waals surface area contributed by atoms with Crippen LogP contribution in [-0.2, 0) is 0 Å². The normalized spacial score (nSPS) is 19.6. The van der Waals surface area contributed by atoms with Crippen LogP contribution in [0, 0.1) is 0 Å². The lowest BCUT2D eigenvalue weighted by Gasteiger charge is -2.34. The van der Waals surface area contributed by atoms with Crippen molar-refractivity contribution in [2.24, 2.45) is 4.99 Å². The molecule has 0 amide bonds. The summed E-state index contributed by atoms with van der Waals surface area (Å²) in [5.74, 6) is 2.03. The first-order valence-electron chi connectivity index (χ1n) is 10.1. The molecule has 6 heteroatoms. The molecule has 27 heavy (non-hydrogen) atoms. The number of hydrogen-bond donors (Lipinski definition) is 1. The van der Waals surface area contributed by atoms with Gasteiger partial charge in [-0.3, -0.25) is 9.89 Å². The first-order chi connectivity index (χ1) is 12.7. The van der Waals surface area contributed by atoms with Gasteiger partial charge in [0.2, 0.25) is 0 Å². The molecule has 2 aliphatic rings. The van der Waals surface area contributed by atoms with Crippen molar-refractivity contribution in [2.75, 3.05) is 33.2 Å². The molecule has 1 aromatic rings. The molecular formula is C21H35IN4O. The van der Waals surface area contributed by atoms with Gasteiger partial charge in [0.15, 0.2) is 5.96 Å². The lowest BCUT2D eigenvalue weighted by atomic mass is 10.1. The Hall–Kier alpha value is -1.02. The average Bonchev–Trinajstić information content (AvgIpc) is 3.51. The van der Waals surface area contributed by atoms with Crippen molar-refractivity contribution in [3.8, 4) is 5.75 Å². The molecule has 3 rings (SSSR count). The number of guanidine groups is 1. The number of piperidine rings is 1. The highest BCUT2D eigenvalue weighted by molar-refractivity contribution is 14.0. The standard InChI is InChI=1S/C21H34N4O.HI/c1-4-22-21(23-16-17(2)24(3)18-10-11-18)25-14-12-20(13-15-25)26-19-8-6-5-7-9-19;/h5-9,17-18,20H,4,10-16H2,1-3H3,(H,22,23);1H. The zero-order valence-electron chi connectivity index (χ0n) is 16.9. The maximum absolute atomic E-state index is 6.11. The van der Waals surface area contributed by atoms with Crippen molar-refractivity contribution in [1.82, 2.24) is 15.1 Å². The summed E-state index contributed by atoms with van der Waals surface area (Å²) in [4.78, 5) is 9.79. The molecule has 2 fully saturated rings. The van der Waals surface area contributed by atoms with E-state index in [1.165, 1.54) is 12.8 Å². The van der Waals surface area contributed by atoms with Gasteiger partial charge >= 0.3 is 0 Å². The molecule has 5 nitrogen and oxygen atoms in total. The van der Waals surface area contributed by atoms with Gasteiger partial charge < -0.3 is 15.0 Å². The Morgan fingerprint density at radius 3 is 2.48 bits per heavy atom. The molecule has 0 bridgehead atoms. The predicted molar refractivity (Wildman–Crippen MR) is 123 cm³/mol. The number of nitrogens with zero attached hydrogens (tertiary/aromatic N) is 3. The van der Waals surface area contributed by atoms with Crippen molar-refractivity contribution in [1.29, 1.82) is 0 Å². The lowest BCUT2D eigenvalue weighted by Crippen LogP contribution is -2.48. The molecular weight excluding hydrogens is 451 g/mol. The van der Waals surface area contributed by atoms with Crippen LogP contribution in [0.15, 0.2) is 35.3 Å². The van der Waals surface area contributed by atoms with E-state index in [2.05, 4.69) is 36.0 Å². The molecule has 1 aromatic carbocycles. The maximum Gasteiger partial charge on any atom is 0.193 e. The van der Waals surface area contributed by atoms with Gasteiger partial charge in [-0.25, -0.2) is 0 Å².